The molecule has 2 aliphatic rings. The van der Waals surface area contributed by atoms with Crippen molar-refractivity contribution in [3.05, 3.63) is 0 Å². The average Bonchev–Trinajstić information content (AvgIpc) is 3.03. The predicted molar refractivity (Wildman–Crippen MR) is 72.3 cm³/mol. The van der Waals surface area contributed by atoms with Crippen LogP contribution in [0.1, 0.15) is 53.4 Å². The second-order valence-electron chi connectivity index (χ2n) is 7.40. The summed E-state index contributed by atoms with van der Waals surface area (Å²) in [5.74, 6) is 0.811. The number of likely N-dealkylation sites (tertiary alicyclic amines) is 1. The number of esters is 1. The topological polar surface area (TPSA) is 29.5 Å². The molecule has 3 heteroatoms. The van der Waals surface area contributed by atoms with E-state index in [9.17, 15) is 4.79 Å². The zero-order chi connectivity index (χ0) is 13.6. The molecular weight excluding hydrogens is 226 g/mol. The average molecular weight is 253 g/mol. The van der Waals surface area contributed by atoms with Crippen LogP contribution >= 0.6 is 0 Å². The van der Waals surface area contributed by atoms with Gasteiger partial charge in [0.15, 0.2) is 0 Å². The van der Waals surface area contributed by atoms with Gasteiger partial charge < -0.3 is 9.64 Å². The quantitative estimate of drug-likeness (QED) is 0.709. The van der Waals surface area contributed by atoms with E-state index < -0.39 is 0 Å². The molecule has 1 heterocycles. The Morgan fingerprint density at radius 2 is 1.94 bits per heavy atom. The Bertz CT molecular complexity index is 330. The van der Waals surface area contributed by atoms with Gasteiger partial charge in [0.2, 0.25) is 0 Å². The summed E-state index contributed by atoms with van der Waals surface area (Å²) in [5, 5.41) is 0. The highest BCUT2D eigenvalue weighted by Gasteiger charge is 2.47. The fourth-order valence-corrected chi connectivity index (χ4v) is 2.90. The maximum absolute atomic E-state index is 12.4. The molecule has 0 aromatic heterocycles. The van der Waals surface area contributed by atoms with E-state index >= 15 is 0 Å². The van der Waals surface area contributed by atoms with Crippen LogP contribution in [0.5, 0.6) is 0 Å². The van der Waals surface area contributed by atoms with Crippen LogP contribution in [-0.4, -0.2) is 36.1 Å². The van der Waals surface area contributed by atoms with Gasteiger partial charge in [-0.15, -0.1) is 0 Å². The summed E-state index contributed by atoms with van der Waals surface area (Å²) in [7, 11) is 2.19. The van der Waals surface area contributed by atoms with Gasteiger partial charge in [-0.25, -0.2) is 0 Å². The van der Waals surface area contributed by atoms with Gasteiger partial charge in [-0.2, -0.15) is 0 Å². The molecule has 2 atom stereocenters. The molecule has 0 amide bonds. The highest BCUT2D eigenvalue weighted by atomic mass is 16.6. The van der Waals surface area contributed by atoms with E-state index in [1.165, 1.54) is 12.8 Å². The van der Waals surface area contributed by atoms with Crippen LogP contribution in [0, 0.1) is 11.3 Å². The Hall–Kier alpha value is -0.570. The van der Waals surface area contributed by atoms with Crippen molar-refractivity contribution in [2.45, 2.75) is 65.0 Å². The normalized spacial score (nSPS) is 34.4. The van der Waals surface area contributed by atoms with E-state index in [-0.39, 0.29) is 17.0 Å². The number of hydrogen-bond acceptors (Lipinski definition) is 3. The highest BCUT2D eigenvalue weighted by molar-refractivity contribution is 5.77. The molecule has 104 valence electrons. The summed E-state index contributed by atoms with van der Waals surface area (Å²) in [5.41, 5.74) is -0.661. The summed E-state index contributed by atoms with van der Waals surface area (Å²) in [6.45, 7) is 8.94. The Morgan fingerprint density at radius 3 is 2.44 bits per heavy atom. The first-order chi connectivity index (χ1) is 8.21. The molecule has 1 aliphatic carbocycles. The largest absolute Gasteiger partial charge is 0.460 e. The van der Waals surface area contributed by atoms with Gasteiger partial charge in [0, 0.05) is 6.04 Å². The zero-order valence-corrected chi connectivity index (χ0v) is 12.5. The molecule has 18 heavy (non-hydrogen) atoms. The SMILES string of the molecule is CN1CCC(C)(C(=O)OC(C)(C)C)C[C@@H]1C1CC1. The van der Waals surface area contributed by atoms with Crippen LogP contribution in [-0.2, 0) is 9.53 Å². The Kier molecular flexibility index (Phi) is 3.48. The summed E-state index contributed by atoms with van der Waals surface area (Å²) < 4.78 is 5.61. The number of piperidine rings is 1. The Balaban J connectivity index is 2.03. The van der Waals surface area contributed by atoms with Gasteiger partial charge in [0.05, 0.1) is 5.41 Å². The fourth-order valence-electron chi connectivity index (χ4n) is 2.90. The van der Waals surface area contributed by atoms with E-state index in [1.54, 1.807) is 0 Å². The maximum Gasteiger partial charge on any atom is 0.312 e. The molecule has 1 unspecified atom stereocenters. The lowest BCUT2D eigenvalue weighted by Crippen LogP contribution is -2.49. The molecule has 2 rings (SSSR count). The van der Waals surface area contributed by atoms with Crippen molar-refractivity contribution in [1.29, 1.82) is 0 Å². The molecule has 0 spiro atoms. The van der Waals surface area contributed by atoms with Gasteiger partial charge >= 0.3 is 5.97 Å². The molecule has 2 fully saturated rings. The molecule has 0 aromatic rings. The first-order valence-corrected chi connectivity index (χ1v) is 7.15. The number of nitrogens with zero attached hydrogens (tertiary/aromatic N) is 1. The van der Waals surface area contributed by atoms with E-state index in [0.29, 0.717) is 6.04 Å². The molecule has 0 radical (unpaired) electrons. The van der Waals surface area contributed by atoms with Gasteiger partial charge in [0.25, 0.3) is 0 Å². The van der Waals surface area contributed by atoms with Crippen molar-refractivity contribution in [2.75, 3.05) is 13.6 Å². The molecule has 1 saturated heterocycles. The minimum atomic E-state index is -0.376. The first kappa shape index (κ1) is 13.9. The van der Waals surface area contributed by atoms with Gasteiger partial charge in [-0.1, -0.05) is 0 Å². The third-order valence-electron chi connectivity index (χ3n) is 4.30. The van der Waals surface area contributed by atoms with Crippen molar-refractivity contribution >= 4 is 5.97 Å². The molecular formula is C15H27NO2. The number of rotatable bonds is 2. The standard InChI is InChI=1S/C15H27NO2/c1-14(2,3)18-13(17)15(4)8-9-16(5)12(10-15)11-6-7-11/h11-12H,6-10H2,1-5H3/t12-,15?/m1/s1. The molecule has 0 bridgehead atoms. The molecule has 1 aliphatic heterocycles. The fraction of sp³-hybridized carbons (Fsp3) is 0.933. The lowest BCUT2D eigenvalue weighted by molar-refractivity contribution is -0.170. The van der Waals surface area contributed by atoms with Crippen molar-refractivity contribution in [1.82, 2.24) is 4.90 Å². The minimum Gasteiger partial charge on any atom is -0.460 e. The van der Waals surface area contributed by atoms with Crippen LogP contribution in [0.25, 0.3) is 0 Å². The van der Waals surface area contributed by atoms with Crippen LogP contribution in [0.4, 0.5) is 0 Å². The van der Waals surface area contributed by atoms with Crippen LogP contribution in [0.15, 0.2) is 0 Å². The Morgan fingerprint density at radius 1 is 1.33 bits per heavy atom. The maximum atomic E-state index is 12.4. The van der Waals surface area contributed by atoms with E-state index in [2.05, 4.69) is 18.9 Å². The highest BCUT2D eigenvalue weighted by Crippen LogP contribution is 2.45. The number of hydrogen-bond donors (Lipinski definition) is 0. The third kappa shape index (κ3) is 3.05. The van der Waals surface area contributed by atoms with Crippen molar-refractivity contribution in [3.63, 3.8) is 0 Å². The number of carbonyl (C=O) groups is 1. The van der Waals surface area contributed by atoms with Gasteiger partial charge in [0.1, 0.15) is 5.60 Å². The summed E-state index contributed by atoms with van der Waals surface area (Å²) >= 11 is 0. The summed E-state index contributed by atoms with van der Waals surface area (Å²) in [4.78, 5) is 14.8. The van der Waals surface area contributed by atoms with E-state index in [1.807, 2.05) is 20.8 Å². The summed E-state index contributed by atoms with van der Waals surface area (Å²) in [6, 6.07) is 0.580. The third-order valence-corrected chi connectivity index (χ3v) is 4.30. The van der Waals surface area contributed by atoms with Crippen LogP contribution in [0.2, 0.25) is 0 Å². The zero-order valence-electron chi connectivity index (χ0n) is 12.5. The number of ether oxygens (including phenoxy) is 1. The first-order valence-electron chi connectivity index (χ1n) is 7.15. The monoisotopic (exact) mass is 253 g/mol. The van der Waals surface area contributed by atoms with Crippen LogP contribution < -0.4 is 0 Å². The predicted octanol–water partition coefficient (Wildman–Crippen LogP) is 2.84. The van der Waals surface area contributed by atoms with Gasteiger partial charge in [-0.05, 0) is 72.9 Å². The molecule has 3 nitrogen and oxygen atoms in total. The minimum absolute atomic E-state index is 0.00579. The van der Waals surface area contributed by atoms with E-state index in [0.717, 1.165) is 25.3 Å². The van der Waals surface area contributed by atoms with Crippen molar-refractivity contribution in [3.8, 4) is 0 Å². The van der Waals surface area contributed by atoms with Crippen LogP contribution in [0.3, 0.4) is 0 Å². The van der Waals surface area contributed by atoms with Gasteiger partial charge in [-0.3, -0.25) is 4.79 Å². The molecule has 0 aromatic carbocycles. The molecule has 1 saturated carbocycles. The second kappa shape index (κ2) is 4.52. The number of carbonyl (C=O) groups excluding carboxylic acids is 1. The lowest BCUT2D eigenvalue weighted by Gasteiger charge is -2.43. The smallest absolute Gasteiger partial charge is 0.312 e. The van der Waals surface area contributed by atoms with Crippen molar-refractivity contribution < 1.29 is 9.53 Å². The van der Waals surface area contributed by atoms with E-state index in [4.69, 9.17) is 4.74 Å². The van der Waals surface area contributed by atoms with Crippen molar-refractivity contribution in [2.24, 2.45) is 11.3 Å². The lowest BCUT2D eigenvalue weighted by atomic mass is 9.75. The molecule has 0 N–H and O–H groups in total. The second-order valence-corrected chi connectivity index (χ2v) is 7.40. The summed E-state index contributed by atoms with van der Waals surface area (Å²) in [6.07, 6.45) is 4.55. The Labute approximate surface area is 111 Å².